The number of rotatable bonds is 17. The van der Waals surface area contributed by atoms with E-state index in [2.05, 4.69) is 20.9 Å². The van der Waals surface area contributed by atoms with E-state index in [9.17, 15) is 14.7 Å². The molecule has 0 aromatic heterocycles. The van der Waals surface area contributed by atoms with E-state index in [1.807, 2.05) is 0 Å². The zero-order valence-corrected chi connectivity index (χ0v) is 19.9. The lowest BCUT2D eigenvalue weighted by atomic mass is 10.1. The Morgan fingerprint density at radius 3 is 2.10 bits per heavy atom. The van der Waals surface area contributed by atoms with Gasteiger partial charge in [0.05, 0.1) is 0 Å². The molecule has 10 nitrogen and oxygen atoms in total. The predicted octanol–water partition coefficient (Wildman–Crippen LogP) is -0.255. The maximum absolute atomic E-state index is 11.7. The minimum Gasteiger partial charge on any atom is -0.370 e. The van der Waals surface area contributed by atoms with Crippen molar-refractivity contribution in [3.63, 3.8) is 0 Å². The van der Waals surface area contributed by atoms with Gasteiger partial charge in [-0.25, -0.2) is 0 Å². The number of amides is 2. The zero-order chi connectivity index (χ0) is 20.3. The van der Waals surface area contributed by atoms with E-state index < -0.39 is 12.1 Å². The summed E-state index contributed by atoms with van der Waals surface area (Å²) in [4.78, 5) is 27.3. The second-order valence-corrected chi connectivity index (χ2v) is 6.33. The van der Waals surface area contributed by atoms with Gasteiger partial charge in [0, 0.05) is 19.5 Å². The minimum absolute atomic E-state index is 0. The molecule has 0 spiro atoms. The third-order valence-electron chi connectivity index (χ3n) is 3.79. The van der Waals surface area contributed by atoms with E-state index in [1.54, 1.807) is 0 Å². The smallest absolute Gasteiger partial charge is 0.269 e. The fourth-order valence-electron chi connectivity index (χ4n) is 2.28. The highest BCUT2D eigenvalue weighted by Gasteiger charge is 2.16. The summed E-state index contributed by atoms with van der Waals surface area (Å²) in [5.74, 6) is -0.844. The van der Waals surface area contributed by atoms with E-state index in [1.165, 1.54) is 0 Å². The van der Waals surface area contributed by atoms with Gasteiger partial charge in [-0.3, -0.25) is 14.6 Å². The van der Waals surface area contributed by atoms with Crippen LogP contribution in [0.15, 0.2) is 4.99 Å². The van der Waals surface area contributed by atoms with Crippen molar-refractivity contribution in [3.05, 3.63) is 0 Å². The summed E-state index contributed by atoms with van der Waals surface area (Å²) in [5, 5.41) is 17.9. The van der Waals surface area contributed by atoms with Gasteiger partial charge in [0.15, 0.2) is 5.96 Å². The second kappa shape index (κ2) is 26.0. The molecule has 0 aliphatic rings. The molecule has 0 aromatic carbocycles. The first-order valence-electron chi connectivity index (χ1n) is 9.68. The number of halogens is 3. The molecular weight excluding hydrogens is 457 g/mol. The van der Waals surface area contributed by atoms with Crippen molar-refractivity contribution in [2.24, 2.45) is 22.2 Å². The average Bonchev–Trinajstić information content (AvgIpc) is 2.62. The van der Waals surface area contributed by atoms with E-state index in [0.29, 0.717) is 26.1 Å². The molecule has 0 fully saturated rings. The van der Waals surface area contributed by atoms with Gasteiger partial charge in [-0.05, 0) is 51.7 Å². The summed E-state index contributed by atoms with van der Waals surface area (Å²) in [6.07, 6.45) is 4.71. The molecular formula is C17H40Cl3N7O3. The number of carbonyl (C=O) groups excluding carboxylic acids is 2. The van der Waals surface area contributed by atoms with Crippen LogP contribution in [0, 0.1) is 0 Å². The third-order valence-corrected chi connectivity index (χ3v) is 3.79. The van der Waals surface area contributed by atoms with Crippen LogP contribution >= 0.6 is 37.2 Å². The molecule has 0 saturated heterocycles. The Bertz CT molecular complexity index is 443. The molecule has 0 unspecified atom stereocenters. The number of guanidine groups is 1. The minimum atomic E-state index is -1.51. The molecule has 0 aromatic rings. The van der Waals surface area contributed by atoms with Crippen LogP contribution < -0.4 is 33.2 Å². The van der Waals surface area contributed by atoms with Crippen LogP contribution in [0.25, 0.3) is 0 Å². The molecule has 0 aliphatic heterocycles. The summed E-state index contributed by atoms with van der Waals surface area (Å²) in [5.41, 5.74) is 15.8. The standard InChI is InChI=1S/C17H37N7O3.3ClH/c18-9-7-11-21-10-5-6-12-22-15(26)16(27)24-14(25)8-3-1-2-4-13-23-17(19)20;;;/h16,21,27H,1-13,18H2,(H,22,26)(H,24,25)(H4,19,20,23);3*1H/t16-;;;/m0.../s1. The maximum atomic E-state index is 11.7. The molecule has 2 amide bonds. The highest BCUT2D eigenvalue weighted by Crippen LogP contribution is 2.03. The fourth-order valence-corrected chi connectivity index (χ4v) is 2.28. The lowest BCUT2D eigenvalue weighted by Crippen LogP contribution is -2.46. The molecule has 1 atom stereocenters. The number of hydrogen-bond acceptors (Lipinski definition) is 6. The third kappa shape index (κ3) is 25.0. The quantitative estimate of drug-likeness (QED) is 0.0626. The Kier molecular flexibility index (Phi) is 31.5. The van der Waals surface area contributed by atoms with Gasteiger partial charge in [-0.1, -0.05) is 12.8 Å². The van der Waals surface area contributed by atoms with Crippen molar-refractivity contribution in [2.45, 2.75) is 57.6 Å². The Morgan fingerprint density at radius 1 is 0.867 bits per heavy atom. The summed E-state index contributed by atoms with van der Waals surface area (Å²) in [6, 6.07) is 0. The van der Waals surface area contributed by atoms with Gasteiger partial charge in [-0.15, -0.1) is 37.2 Å². The number of nitrogens with zero attached hydrogens (tertiary/aromatic N) is 1. The van der Waals surface area contributed by atoms with E-state index in [4.69, 9.17) is 17.2 Å². The molecule has 0 bridgehead atoms. The topological polar surface area (TPSA) is 181 Å². The van der Waals surface area contributed by atoms with Gasteiger partial charge in [0.1, 0.15) is 0 Å². The average molecular weight is 497 g/mol. The SMILES string of the molecule is Cl.Cl.Cl.NCCCNCCCCNC(=O)[C@H](O)NC(=O)CCCCCCN=C(N)N. The Hall–Kier alpha value is -1.04. The number of carbonyl (C=O) groups is 2. The van der Waals surface area contributed by atoms with Gasteiger partial charge < -0.3 is 38.3 Å². The molecule has 0 radical (unpaired) electrons. The highest BCUT2D eigenvalue weighted by molar-refractivity contribution is 5.86. The van der Waals surface area contributed by atoms with Gasteiger partial charge in [0.2, 0.25) is 12.1 Å². The molecule has 0 heterocycles. The lowest BCUT2D eigenvalue weighted by molar-refractivity contribution is -0.136. The van der Waals surface area contributed by atoms with Crippen LogP contribution in [0.4, 0.5) is 0 Å². The van der Waals surface area contributed by atoms with E-state index in [-0.39, 0.29) is 55.5 Å². The number of hydrogen-bond donors (Lipinski definition) is 7. The largest absolute Gasteiger partial charge is 0.370 e. The number of nitrogens with one attached hydrogen (secondary N) is 3. The first-order chi connectivity index (χ1) is 13.0. The molecule has 0 rings (SSSR count). The first-order valence-corrected chi connectivity index (χ1v) is 9.68. The van der Waals surface area contributed by atoms with E-state index >= 15 is 0 Å². The zero-order valence-electron chi connectivity index (χ0n) is 17.4. The van der Waals surface area contributed by atoms with Crippen molar-refractivity contribution in [2.75, 3.05) is 32.7 Å². The maximum Gasteiger partial charge on any atom is 0.269 e. The van der Waals surface area contributed by atoms with Gasteiger partial charge >= 0.3 is 0 Å². The van der Waals surface area contributed by atoms with Crippen LogP contribution in [0.2, 0.25) is 0 Å². The van der Waals surface area contributed by atoms with Crippen molar-refractivity contribution in [1.82, 2.24) is 16.0 Å². The van der Waals surface area contributed by atoms with Crippen LogP contribution in [0.3, 0.4) is 0 Å². The number of unbranched alkanes of at least 4 members (excludes halogenated alkanes) is 4. The van der Waals surface area contributed by atoms with E-state index in [0.717, 1.165) is 51.6 Å². The van der Waals surface area contributed by atoms with Gasteiger partial charge in [0.25, 0.3) is 5.91 Å². The van der Waals surface area contributed by atoms with Crippen LogP contribution in [0.1, 0.15) is 51.4 Å². The lowest BCUT2D eigenvalue weighted by Gasteiger charge is -2.13. The molecule has 10 N–H and O–H groups in total. The Morgan fingerprint density at radius 2 is 1.47 bits per heavy atom. The van der Waals surface area contributed by atoms with Gasteiger partial charge in [-0.2, -0.15) is 0 Å². The Labute approximate surface area is 198 Å². The van der Waals surface area contributed by atoms with Crippen LogP contribution in [0.5, 0.6) is 0 Å². The first kappa shape index (κ1) is 36.3. The fraction of sp³-hybridized carbons (Fsp3) is 0.824. The summed E-state index contributed by atoms with van der Waals surface area (Å²) in [6.45, 7) is 3.47. The second-order valence-electron chi connectivity index (χ2n) is 6.33. The van der Waals surface area contributed by atoms with Crippen molar-refractivity contribution in [3.8, 4) is 0 Å². The molecule has 30 heavy (non-hydrogen) atoms. The number of nitrogens with two attached hydrogens (primary N) is 3. The predicted molar refractivity (Wildman–Crippen MR) is 128 cm³/mol. The normalized spacial score (nSPS) is 10.5. The summed E-state index contributed by atoms with van der Waals surface area (Å²) < 4.78 is 0. The molecule has 182 valence electrons. The highest BCUT2D eigenvalue weighted by atomic mass is 35.5. The van der Waals surface area contributed by atoms with Crippen LogP contribution in [-0.2, 0) is 9.59 Å². The summed E-state index contributed by atoms with van der Waals surface area (Å²) in [7, 11) is 0. The number of aliphatic hydroxyl groups is 1. The molecule has 0 aliphatic carbocycles. The molecule has 13 heteroatoms. The number of aliphatic hydroxyl groups excluding tert-OH is 1. The Balaban J connectivity index is -0.00000113. The number of aliphatic imine (C=N–C) groups is 1. The van der Waals surface area contributed by atoms with Crippen molar-refractivity contribution in [1.29, 1.82) is 0 Å². The monoisotopic (exact) mass is 495 g/mol. The molecule has 0 saturated carbocycles. The van der Waals surface area contributed by atoms with Crippen LogP contribution in [-0.4, -0.2) is 61.8 Å². The summed E-state index contributed by atoms with van der Waals surface area (Å²) >= 11 is 0. The van der Waals surface area contributed by atoms with Crippen molar-refractivity contribution < 1.29 is 14.7 Å². The van der Waals surface area contributed by atoms with Crippen molar-refractivity contribution >= 4 is 55.0 Å².